The first-order chi connectivity index (χ1) is 8.99. The molecule has 2 atom stereocenters. The molecule has 0 saturated heterocycles. The van der Waals surface area contributed by atoms with Crippen molar-refractivity contribution in [2.45, 2.75) is 78.3 Å². The Kier molecular flexibility index (Phi) is 9.91. The predicted octanol–water partition coefficient (Wildman–Crippen LogP) is 3.89. The highest BCUT2D eigenvalue weighted by molar-refractivity contribution is 5.06. The lowest BCUT2D eigenvalue weighted by Gasteiger charge is -2.29. The van der Waals surface area contributed by atoms with Crippen LogP contribution in [0.15, 0.2) is 0 Å². The van der Waals surface area contributed by atoms with Gasteiger partial charge in [-0.1, -0.05) is 27.2 Å². The van der Waals surface area contributed by atoms with Gasteiger partial charge in [-0.05, 0) is 45.4 Å². The van der Waals surface area contributed by atoms with Gasteiger partial charge in [-0.25, -0.2) is 0 Å². The van der Waals surface area contributed by atoms with Crippen LogP contribution in [0.1, 0.15) is 66.7 Å². The summed E-state index contributed by atoms with van der Waals surface area (Å²) in [6.07, 6.45) is 5.09. The zero-order valence-electron chi connectivity index (χ0n) is 13.5. The molecule has 0 rings (SSSR count). The van der Waals surface area contributed by atoms with Gasteiger partial charge in [-0.15, -0.1) is 0 Å². The van der Waals surface area contributed by atoms with Crippen molar-refractivity contribution in [3.63, 3.8) is 0 Å². The zero-order valence-corrected chi connectivity index (χ0v) is 13.5. The first kappa shape index (κ1) is 18.4. The molecule has 0 amide bonds. The largest absolute Gasteiger partial charge is 0.381 e. The predicted molar refractivity (Wildman–Crippen MR) is 81.0 cm³/mol. The van der Waals surface area contributed by atoms with Crippen LogP contribution in [0.2, 0.25) is 0 Å². The first-order valence-electron chi connectivity index (χ1n) is 7.76. The second kappa shape index (κ2) is 10.2. The minimum absolute atomic E-state index is 0.338. The van der Waals surface area contributed by atoms with Crippen molar-refractivity contribution in [1.29, 1.82) is 5.26 Å². The number of rotatable bonds is 11. The van der Waals surface area contributed by atoms with E-state index in [1.807, 2.05) is 0 Å². The molecule has 0 spiro atoms. The van der Waals surface area contributed by atoms with E-state index in [2.05, 4.69) is 46.0 Å². The summed E-state index contributed by atoms with van der Waals surface area (Å²) < 4.78 is 5.70. The molecule has 19 heavy (non-hydrogen) atoms. The quantitative estimate of drug-likeness (QED) is 0.578. The average Bonchev–Trinajstić information content (AvgIpc) is 2.37. The van der Waals surface area contributed by atoms with E-state index in [-0.39, 0.29) is 5.54 Å². The number of nitrogens with one attached hydrogen (secondary N) is 1. The van der Waals surface area contributed by atoms with E-state index < -0.39 is 0 Å². The van der Waals surface area contributed by atoms with Crippen molar-refractivity contribution in [2.75, 3.05) is 13.2 Å². The Morgan fingerprint density at radius 3 is 2.42 bits per heavy atom. The van der Waals surface area contributed by atoms with Crippen LogP contribution in [0.25, 0.3) is 0 Å². The summed E-state index contributed by atoms with van der Waals surface area (Å²) in [5, 5.41) is 12.8. The molecule has 0 aliphatic heterocycles. The molecule has 0 heterocycles. The third kappa shape index (κ3) is 8.23. The Balaban J connectivity index is 3.92. The van der Waals surface area contributed by atoms with Crippen molar-refractivity contribution >= 4 is 0 Å². The summed E-state index contributed by atoms with van der Waals surface area (Å²) in [6, 6.07) is 2.79. The molecule has 2 unspecified atom stereocenters. The van der Waals surface area contributed by atoms with Crippen LogP contribution in [-0.2, 0) is 4.74 Å². The second-order valence-corrected chi connectivity index (χ2v) is 5.92. The van der Waals surface area contributed by atoms with Crippen LogP contribution in [-0.4, -0.2) is 24.8 Å². The SMILES string of the molecule is CCCC(C)COCCCC(C#N)(CC)NC(C)C. The van der Waals surface area contributed by atoms with E-state index >= 15 is 0 Å². The first-order valence-corrected chi connectivity index (χ1v) is 7.76. The fourth-order valence-corrected chi connectivity index (χ4v) is 2.41. The van der Waals surface area contributed by atoms with Gasteiger partial charge in [-0.3, -0.25) is 5.32 Å². The molecule has 0 aromatic rings. The third-order valence-electron chi connectivity index (χ3n) is 3.46. The molecule has 0 aliphatic carbocycles. The van der Waals surface area contributed by atoms with Gasteiger partial charge in [0.1, 0.15) is 5.54 Å². The molecule has 0 fully saturated rings. The monoisotopic (exact) mass is 268 g/mol. The van der Waals surface area contributed by atoms with E-state index in [9.17, 15) is 5.26 Å². The molecular weight excluding hydrogens is 236 g/mol. The highest BCUT2D eigenvalue weighted by atomic mass is 16.5. The van der Waals surface area contributed by atoms with Crippen molar-refractivity contribution < 1.29 is 4.74 Å². The zero-order chi connectivity index (χ0) is 14.7. The van der Waals surface area contributed by atoms with E-state index in [1.54, 1.807) is 0 Å². The highest BCUT2D eigenvalue weighted by Gasteiger charge is 2.27. The molecule has 0 aromatic carbocycles. The fourth-order valence-electron chi connectivity index (χ4n) is 2.41. The number of hydrogen-bond acceptors (Lipinski definition) is 3. The van der Waals surface area contributed by atoms with Gasteiger partial charge in [0.05, 0.1) is 6.07 Å². The lowest BCUT2D eigenvalue weighted by atomic mass is 9.91. The molecule has 112 valence electrons. The number of nitrogens with zero attached hydrogens (tertiary/aromatic N) is 1. The van der Waals surface area contributed by atoms with Crippen LogP contribution in [0.4, 0.5) is 0 Å². The van der Waals surface area contributed by atoms with Crippen molar-refractivity contribution in [3.8, 4) is 6.07 Å². The molecule has 3 heteroatoms. The maximum absolute atomic E-state index is 9.39. The van der Waals surface area contributed by atoms with Crippen molar-refractivity contribution in [2.24, 2.45) is 5.92 Å². The maximum Gasteiger partial charge on any atom is 0.106 e. The van der Waals surface area contributed by atoms with Crippen LogP contribution >= 0.6 is 0 Å². The van der Waals surface area contributed by atoms with Gasteiger partial charge < -0.3 is 4.74 Å². The number of ether oxygens (including phenoxy) is 1. The highest BCUT2D eigenvalue weighted by Crippen LogP contribution is 2.18. The minimum atomic E-state index is -0.382. The van der Waals surface area contributed by atoms with E-state index in [1.165, 1.54) is 12.8 Å². The number of hydrogen-bond donors (Lipinski definition) is 1. The summed E-state index contributed by atoms with van der Waals surface area (Å²) in [6.45, 7) is 12.3. The molecule has 1 N–H and O–H groups in total. The van der Waals surface area contributed by atoms with Crippen LogP contribution < -0.4 is 5.32 Å². The van der Waals surface area contributed by atoms with E-state index in [0.717, 1.165) is 32.5 Å². The van der Waals surface area contributed by atoms with Crippen molar-refractivity contribution in [3.05, 3.63) is 0 Å². The topological polar surface area (TPSA) is 45.0 Å². The normalized spacial score (nSPS) is 16.1. The Hall–Kier alpha value is -0.590. The number of nitriles is 1. The standard InChI is InChI=1S/C16H32N2O/c1-6-9-15(5)12-19-11-8-10-16(7-2,13-17)18-14(3)4/h14-15,18H,6-12H2,1-5H3. The molecule has 0 aliphatic rings. The molecular formula is C16H32N2O. The van der Waals surface area contributed by atoms with Crippen LogP contribution in [0.5, 0.6) is 0 Å². The molecule has 3 nitrogen and oxygen atoms in total. The smallest absolute Gasteiger partial charge is 0.106 e. The average molecular weight is 268 g/mol. The lowest BCUT2D eigenvalue weighted by Crippen LogP contribution is -2.47. The Bertz CT molecular complexity index is 260. The Morgan fingerprint density at radius 1 is 1.26 bits per heavy atom. The fraction of sp³-hybridized carbons (Fsp3) is 0.938. The van der Waals surface area contributed by atoms with Gasteiger partial charge in [0.2, 0.25) is 0 Å². The summed E-state index contributed by atoms with van der Waals surface area (Å²) >= 11 is 0. The van der Waals surface area contributed by atoms with Gasteiger partial charge >= 0.3 is 0 Å². The van der Waals surface area contributed by atoms with Crippen molar-refractivity contribution in [1.82, 2.24) is 5.32 Å². The summed E-state index contributed by atoms with van der Waals surface area (Å²) in [5.41, 5.74) is -0.382. The third-order valence-corrected chi connectivity index (χ3v) is 3.46. The summed E-state index contributed by atoms with van der Waals surface area (Å²) in [7, 11) is 0. The molecule has 0 radical (unpaired) electrons. The molecule has 0 saturated carbocycles. The van der Waals surface area contributed by atoms with Gasteiger partial charge in [0.15, 0.2) is 0 Å². The molecule has 0 bridgehead atoms. The summed E-state index contributed by atoms with van der Waals surface area (Å²) in [4.78, 5) is 0. The van der Waals surface area contributed by atoms with Gasteiger partial charge in [0.25, 0.3) is 0 Å². The van der Waals surface area contributed by atoms with Crippen LogP contribution in [0.3, 0.4) is 0 Å². The van der Waals surface area contributed by atoms with Gasteiger partial charge in [-0.2, -0.15) is 5.26 Å². The van der Waals surface area contributed by atoms with E-state index in [0.29, 0.717) is 12.0 Å². The van der Waals surface area contributed by atoms with Crippen LogP contribution in [0, 0.1) is 17.2 Å². The second-order valence-electron chi connectivity index (χ2n) is 5.92. The summed E-state index contributed by atoms with van der Waals surface area (Å²) in [5.74, 6) is 0.644. The maximum atomic E-state index is 9.39. The lowest BCUT2D eigenvalue weighted by molar-refractivity contribution is 0.0945. The molecule has 0 aromatic heterocycles. The Morgan fingerprint density at radius 2 is 1.95 bits per heavy atom. The van der Waals surface area contributed by atoms with Gasteiger partial charge in [0, 0.05) is 19.3 Å². The minimum Gasteiger partial charge on any atom is -0.381 e. The Labute approximate surface area is 119 Å². The van der Waals surface area contributed by atoms with E-state index in [4.69, 9.17) is 4.74 Å².